The summed E-state index contributed by atoms with van der Waals surface area (Å²) in [6.07, 6.45) is 3.75. The summed E-state index contributed by atoms with van der Waals surface area (Å²) in [5.41, 5.74) is 3.65. The summed E-state index contributed by atoms with van der Waals surface area (Å²) in [6.45, 7) is 8.70. The van der Waals surface area contributed by atoms with Crippen LogP contribution in [-0.4, -0.2) is 9.97 Å². The minimum atomic E-state index is 0.175. The van der Waals surface area contributed by atoms with E-state index in [0.717, 1.165) is 17.0 Å². The normalized spacial score (nSPS) is 13.3. The largest absolute Gasteiger partial charge is 0.236 e. The molecule has 0 aliphatic carbocycles. The quantitative estimate of drug-likeness (QED) is 0.736. The van der Waals surface area contributed by atoms with E-state index in [-0.39, 0.29) is 10.2 Å². The van der Waals surface area contributed by atoms with E-state index in [0.29, 0.717) is 0 Å². The van der Waals surface area contributed by atoms with Crippen molar-refractivity contribution in [1.82, 2.24) is 9.97 Å². The van der Waals surface area contributed by atoms with E-state index in [1.54, 1.807) is 0 Å². The zero-order valence-electron chi connectivity index (χ0n) is 11.8. The van der Waals surface area contributed by atoms with Crippen LogP contribution in [0.1, 0.15) is 43.6 Å². The van der Waals surface area contributed by atoms with Crippen molar-refractivity contribution in [3.8, 4) is 11.4 Å². The molecule has 0 N–H and O–H groups in total. The second-order valence-corrected chi connectivity index (χ2v) is 7.16. The summed E-state index contributed by atoms with van der Waals surface area (Å²) in [4.78, 5) is 9.12. The van der Waals surface area contributed by atoms with Crippen LogP contribution in [-0.2, 0) is 5.41 Å². The molecule has 0 saturated carbocycles. The third-order valence-corrected chi connectivity index (χ3v) is 3.67. The van der Waals surface area contributed by atoms with Gasteiger partial charge in [-0.1, -0.05) is 61.0 Å². The van der Waals surface area contributed by atoms with Crippen LogP contribution in [0.5, 0.6) is 0 Å². The van der Waals surface area contributed by atoms with E-state index in [1.807, 2.05) is 12.4 Å². The highest BCUT2D eigenvalue weighted by molar-refractivity contribution is 9.09. The average Bonchev–Trinajstić information content (AvgIpc) is 2.38. The van der Waals surface area contributed by atoms with Gasteiger partial charge in [0.15, 0.2) is 5.82 Å². The Balaban J connectivity index is 2.27. The van der Waals surface area contributed by atoms with Gasteiger partial charge in [-0.3, -0.25) is 0 Å². The van der Waals surface area contributed by atoms with E-state index in [2.05, 4.69) is 77.9 Å². The number of alkyl halides is 1. The zero-order valence-corrected chi connectivity index (χ0v) is 13.4. The van der Waals surface area contributed by atoms with Gasteiger partial charge in [0.1, 0.15) is 0 Å². The fourth-order valence-electron chi connectivity index (χ4n) is 1.81. The molecule has 2 aromatic rings. The van der Waals surface area contributed by atoms with Gasteiger partial charge in [0.05, 0.1) is 0 Å². The van der Waals surface area contributed by atoms with E-state index < -0.39 is 0 Å². The molecular weight excluding hydrogens is 300 g/mol. The van der Waals surface area contributed by atoms with Gasteiger partial charge in [0.25, 0.3) is 0 Å². The Hall–Kier alpha value is -1.22. The predicted molar refractivity (Wildman–Crippen MR) is 83.5 cm³/mol. The Morgan fingerprint density at radius 2 is 1.53 bits per heavy atom. The van der Waals surface area contributed by atoms with Crippen molar-refractivity contribution in [3.63, 3.8) is 0 Å². The summed E-state index contributed by atoms with van der Waals surface area (Å²) >= 11 is 3.51. The average molecular weight is 319 g/mol. The van der Waals surface area contributed by atoms with Crippen LogP contribution in [0.15, 0.2) is 36.7 Å². The number of benzene rings is 1. The number of halogens is 1. The minimum Gasteiger partial charge on any atom is -0.236 e. The lowest BCUT2D eigenvalue weighted by molar-refractivity contribution is 0.590. The predicted octanol–water partition coefficient (Wildman–Crippen LogP) is 4.90. The molecule has 0 radical (unpaired) electrons. The first-order valence-corrected chi connectivity index (χ1v) is 7.36. The third kappa shape index (κ3) is 3.41. The summed E-state index contributed by atoms with van der Waals surface area (Å²) in [7, 11) is 0. The minimum absolute atomic E-state index is 0.175. The summed E-state index contributed by atoms with van der Waals surface area (Å²) in [5, 5.41) is 0. The van der Waals surface area contributed by atoms with Crippen molar-refractivity contribution < 1.29 is 0 Å². The first kappa shape index (κ1) is 14.2. The van der Waals surface area contributed by atoms with Crippen LogP contribution in [0.4, 0.5) is 0 Å². The monoisotopic (exact) mass is 318 g/mol. The standard InChI is InChI=1S/C16H19BrN2/c1-11(17)13-9-18-15(19-10-13)12-5-7-14(8-6-12)16(2,3)4/h5-11H,1-4H3. The van der Waals surface area contributed by atoms with Crippen molar-refractivity contribution in [2.24, 2.45) is 0 Å². The first-order chi connectivity index (χ1) is 8.88. The third-order valence-electron chi connectivity index (χ3n) is 3.14. The van der Waals surface area contributed by atoms with Gasteiger partial charge < -0.3 is 0 Å². The van der Waals surface area contributed by atoms with Crippen LogP contribution in [0, 0.1) is 0 Å². The lowest BCUT2D eigenvalue weighted by Crippen LogP contribution is -2.10. The van der Waals surface area contributed by atoms with Gasteiger partial charge in [-0.2, -0.15) is 0 Å². The molecule has 0 saturated heterocycles. The lowest BCUT2D eigenvalue weighted by Gasteiger charge is -2.19. The Morgan fingerprint density at radius 1 is 1.00 bits per heavy atom. The Morgan fingerprint density at radius 3 is 1.95 bits per heavy atom. The molecule has 2 rings (SSSR count). The van der Waals surface area contributed by atoms with Gasteiger partial charge in [0, 0.05) is 28.3 Å². The maximum atomic E-state index is 4.42. The zero-order chi connectivity index (χ0) is 14.0. The van der Waals surface area contributed by atoms with Crippen LogP contribution in [0.3, 0.4) is 0 Å². The molecule has 1 aromatic heterocycles. The van der Waals surface area contributed by atoms with E-state index in [1.165, 1.54) is 5.56 Å². The molecular formula is C16H19BrN2. The Labute approximate surface area is 123 Å². The van der Waals surface area contributed by atoms with Gasteiger partial charge in [-0.05, 0) is 17.9 Å². The Kier molecular flexibility index (Phi) is 4.04. The van der Waals surface area contributed by atoms with E-state index in [9.17, 15) is 0 Å². The molecule has 3 heteroatoms. The summed E-state index contributed by atoms with van der Waals surface area (Å²) in [6, 6.07) is 8.49. The van der Waals surface area contributed by atoms with E-state index >= 15 is 0 Å². The van der Waals surface area contributed by atoms with Crippen LogP contribution >= 0.6 is 15.9 Å². The fourth-order valence-corrected chi connectivity index (χ4v) is 2.05. The number of hydrogen-bond acceptors (Lipinski definition) is 2. The summed E-state index contributed by atoms with van der Waals surface area (Å²) < 4.78 is 0. The number of nitrogens with zero attached hydrogens (tertiary/aromatic N) is 2. The van der Waals surface area contributed by atoms with Gasteiger partial charge >= 0.3 is 0 Å². The molecule has 0 bridgehead atoms. The van der Waals surface area contributed by atoms with Gasteiger partial charge in [-0.15, -0.1) is 0 Å². The molecule has 100 valence electrons. The maximum Gasteiger partial charge on any atom is 0.159 e. The van der Waals surface area contributed by atoms with Crippen LogP contribution < -0.4 is 0 Å². The molecule has 1 unspecified atom stereocenters. The first-order valence-electron chi connectivity index (χ1n) is 6.45. The molecule has 1 aromatic carbocycles. The molecule has 0 aliphatic rings. The Bertz CT molecular complexity index is 536. The van der Waals surface area contributed by atoms with Crippen molar-refractivity contribution in [2.75, 3.05) is 0 Å². The van der Waals surface area contributed by atoms with E-state index in [4.69, 9.17) is 0 Å². The van der Waals surface area contributed by atoms with Gasteiger partial charge in [0.2, 0.25) is 0 Å². The van der Waals surface area contributed by atoms with Crippen molar-refractivity contribution in [3.05, 3.63) is 47.8 Å². The molecule has 0 amide bonds. The van der Waals surface area contributed by atoms with Crippen molar-refractivity contribution >= 4 is 15.9 Å². The second-order valence-electron chi connectivity index (χ2n) is 5.78. The second kappa shape index (κ2) is 5.41. The van der Waals surface area contributed by atoms with Gasteiger partial charge in [-0.25, -0.2) is 9.97 Å². The highest BCUT2D eigenvalue weighted by Gasteiger charge is 2.13. The molecule has 0 fully saturated rings. The smallest absolute Gasteiger partial charge is 0.159 e. The van der Waals surface area contributed by atoms with Crippen LogP contribution in [0.2, 0.25) is 0 Å². The van der Waals surface area contributed by atoms with Crippen molar-refractivity contribution in [2.45, 2.75) is 37.9 Å². The lowest BCUT2D eigenvalue weighted by atomic mass is 9.87. The number of rotatable bonds is 2. The maximum absolute atomic E-state index is 4.42. The molecule has 0 aliphatic heterocycles. The summed E-state index contributed by atoms with van der Waals surface area (Å²) in [5.74, 6) is 0.775. The highest BCUT2D eigenvalue weighted by atomic mass is 79.9. The molecule has 19 heavy (non-hydrogen) atoms. The SMILES string of the molecule is CC(Br)c1cnc(-c2ccc(C(C)(C)C)cc2)nc1. The molecule has 2 nitrogen and oxygen atoms in total. The number of hydrogen-bond donors (Lipinski definition) is 0. The fraction of sp³-hybridized carbons (Fsp3) is 0.375. The highest BCUT2D eigenvalue weighted by Crippen LogP contribution is 2.25. The van der Waals surface area contributed by atoms with Crippen molar-refractivity contribution in [1.29, 1.82) is 0 Å². The molecule has 1 atom stereocenters. The topological polar surface area (TPSA) is 25.8 Å². The molecule has 1 heterocycles. The molecule has 0 spiro atoms. The van der Waals surface area contributed by atoms with Crippen LogP contribution in [0.25, 0.3) is 11.4 Å². The number of aromatic nitrogens is 2.